The highest BCUT2D eigenvalue weighted by Gasteiger charge is 2.13. The fraction of sp³-hybridized carbons (Fsp3) is 0.222. The molecule has 1 aromatic heterocycles. The van der Waals surface area contributed by atoms with Crippen molar-refractivity contribution in [3.63, 3.8) is 0 Å². The minimum absolute atomic E-state index is 0.202. The summed E-state index contributed by atoms with van der Waals surface area (Å²) in [5.74, 6) is 1.09. The van der Waals surface area contributed by atoms with Crippen molar-refractivity contribution in [3.8, 4) is 11.6 Å². The van der Waals surface area contributed by atoms with E-state index in [0.29, 0.717) is 46.1 Å². The van der Waals surface area contributed by atoms with Crippen LogP contribution in [0.5, 0.6) is 11.6 Å². The molecule has 1 fully saturated rings. The average Bonchev–Trinajstić information content (AvgIpc) is 2.91. The Labute approximate surface area is 219 Å². The number of carbonyl (C=O) groups excluding carboxylic acids is 1. The van der Waals surface area contributed by atoms with Crippen LogP contribution in [0.2, 0.25) is 5.02 Å². The number of benzene rings is 3. The van der Waals surface area contributed by atoms with Gasteiger partial charge in [-0.25, -0.2) is 4.98 Å². The lowest BCUT2D eigenvalue weighted by molar-refractivity contribution is 0.0383. The van der Waals surface area contributed by atoms with E-state index in [1.165, 1.54) is 0 Å². The number of morpholine rings is 1. The molecule has 5 rings (SSSR count). The van der Waals surface area contributed by atoms with Crippen LogP contribution in [0.1, 0.15) is 10.4 Å². The smallest absolute Gasteiger partial charge is 0.251 e. The lowest BCUT2D eigenvalue weighted by Crippen LogP contribution is -2.41. The van der Waals surface area contributed by atoms with E-state index >= 15 is 0 Å². The molecule has 0 spiro atoms. The van der Waals surface area contributed by atoms with Gasteiger partial charge in [-0.15, -0.1) is 0 Å². The second kappa shape index (κ2) is 11.4. The van der Waals surface area contributed by atoms with Gasteiger partial charge in [0.25, 0.3) is 5.91 Å². The number of aromatic nitrogens is 2. The maximum atomic E-state index is 12.7. The maximum Gasteiger partial charge on any atom is 0.251 e. The molecule has 4 aromatic rings. The molecule has 0 unspecified atom stereocenters. The highest BCUT2D eigenvalue weighted by atomic mass is 35.5. The molecular weight excluding hydrogens is 492 g/mol. The lowest BCUT2D eigenvalue weighted by Gasteiger charge is -2.26. The van der Waals surface area contributed by atoms with Crippen LogP contribution in [0.25, 0.3) is 10.8 Å². The number of amides is 1. The first-order valence-corrected chi connectivity index (χ1v) is 12.4. The second-order valence-electron chi connectivity index (χ2n) is 8.58. The van der Waals surface area contributed by atoms with Crippen molar-refractivity contribution in [2.24, 2.45) is 0 Å². The van der Waals surface area contributed by atoms with E-state index in [-0.39, 0.29) is 5.91 Å². The number of rotatable bonds is 8. The molecule has 1 amide bonds. The van der Waals surface area contributed by atoms with E-state index in [1.807, 2.05) is 30.3 Å². The highest BCUT2D eigenvalue weighted by molar-refractivity contribution is 6.31. The number of ether oxygens (including phenoxy) is 2. The first-order chi connectivity index (χ1) is 18.0. The van der Waals surface area contributed by atoms with Gasteiger partial charge >= 0.3 is 0 Å². The van der Waals surface area contributed by atoms with Crippen LogP contribution < -0.4 is 21.1 Å². The van der Waals surface area contributed by atoms with Crippen molar-refractivity contribution in [2.45, 2.75) is 0 Å². The van der Waals surface area contributed by atoms with Gasteiger partial charge in [0, 0.05) is 71.2 Å². The third-order valence-electron chi connectivity index (χ3n) is 6.00. The number of nitrogens with zero attached hydrogens (tertiary/aromatic N) is 3. The summed E-state index contributed by atoms with van der Waals surface area (Å²) >= 11 is 6.31. The summed E-state index contributed by atoms with van der Waals surface area (Å²) in [6.45, 7) is 4.50. The van der Waals surface area contributed by atoms with Gasteiger partial charge < -0.3 is 25.8 Å². The number of fused-ring (bicyclic) bond motifs is 1. The number of nitrogens with two attached hydrogens (primary N) is 1. The molecule has 37 heavy (non-hydrogen) atoms. The van der Waals surface area contributed by atoms with E-state index in [4.69, 9.17) is 26.8 Å². The monoisotopic (exact) mass is 518 g/mol. The molecule has 0 bridgehead atoms. The molecular formula is C27H27ClN6O3. The molecule has 10 heteroatoms. The van der Waals surface area contributed by atoms with Gasteiger partial charge in [-0.2, -0.15) is 4.98 Å². The van der Waals surface area contributed by atoms with Crippen LogP contribution in [0.3, 0.4) is 0 Å². The van der Waals surface area contributed by atoms with E-state index in [1.54, 1.807) is 36.5 Å². The maximum absolute atomic E-state index is 12.7. The Morgan fingerprint density at radius 1 is 1.08 bits per heavy atom. The SMILES string of the molecule is Nc1ccc(Oc2ccnc(Nc3cc(Cl)cc(C(=O)NCCN4CCOCC4)c3)n2)c2ccccc12. The summed E-state index contributed by atoms with van der Waals surface area (Å²) in [6, 6.07) is 18.1. The summed E-state index contributed by atoms with van der Waals surface area (Å²) in [5.41, 5.74) is 7.80. The number of carbonyl (C=O) groups is 1. The molecule has 190 valence electrons. The number of halogens is 1. The van der Waals surface area contributed by atoms with Crippen LogP contribution in [0.4, 0.5) is 17.3 Å². The third-order valence-corrected chi connectivity index (χ3v) is 6.21. The Balaban J connectivity index is 1.26. The van der Waals surface area contributed by atoms with Gasteiger partial charge in [0.15, 0.2) is 0 Å². The van der Waals surface area contributed by atoms with Crippen molar-refractivity contribution in [1.82, 2.24) is 20.2 Å². The molecule has 1 saturated heterocycles. The van der Waals surface area contributed by atoms with Crippen LogP contribution in [-0.2, 0) is 4.74 Å². The van der Waals surface area contributed by atoms with Crippen molar-refractivity contribution >= 4 is 45.6 Å². The molecule has 9 nitrogen and oxygen atoms in total. The lowest BCUT2D eigenvalue weighted by atomic mass is 10.1. The van der Waals surface area contributed by atoms with Crippen LogP contribution in [0.15, 0.2) is 66.9 Å². The molecule has 0 atom stereocenters. The molecule has 4 N–H and O–H groups in total. The first kappa shape index (κ1) is 24.8. The Kier molecular flexibility index (Phi) is 7.65. The topological polar surface area (TPSA) is 115 Å². The van der Waals surface area contributed by atoms with Crippen molar-refractivity contribution in [3.05, 3.63) is 77.4 Å². The van der Waals surface area contributed by atoms with E-state index in [9.17, 15) is 4.79 Å². The summed E-state index contributed by atoms with van der Waals surface area (Å²) in [5, 5.41) is 8.27. The molecule has 1 aliphatic heterocycles. The van der Waals surface area contributed by atoms with Gasteiger partial charge in [0.2, 0.25) is 11.8 Å². The Morgan fingerprint density at radius 2 is 1.89 bits per heavy atom. The zero-order valence-electron chi connectivity index (χ0n) is 20.1. The van der Waals surface area contributed by atoms with Gasteiger partial charge in [-0.3, -0.25) is 9.69 Å². The first-order valence-electron chi connectivity index (χ1n) is 12.0. The Hall–Kier alpha value is -3.92. The summed E-state index contributed by atoms with van der Waals surface area (Å²) in [6.07, 6.45) is 1.59. The largest absolute Gasteiger partial charge is 0.438 e. The molecule has 0 aliphatic carbocycles. The molecule has 0 radical (unpaired) electrons. The zero-order chi connectivity index (χ0) is 25.6. The van der Waals surface area contributed by atoms with Crippen molar-refractivity contribution < 1.29 is 14.3 Å². The quantitative estimate of drug-likeness (QED) is 0.293. The van der Waals surface area contributed by atoms with Gasteiger partial charge in [-0.1, -0.05) is 35.9 Å². The summed E-state index contributed by atoms with van der Waals surface area (Å²) < 4.78 is 11.4. The Bertz CT molecular complexity index is 1410. The number of hydrogen-bond donors (Lipinski definition) is 3. The molecule has 3 aromatic carbocycles. The second-order valence-corrected chi connectivity index (χ2v) is 9.02. The van der Waals surface area contributed by atoms with Crippen molar-refractivity contribution in [1.29, 1.82) is 0 Å². The summed E-state index contributed by atoms with van der Waals surface area (Å²) in [7, 11) is 0. The average molecular weight is 519 g/mol. The van der Waals surface area contributed by atoms with E-state index < -0.39 is 0 Å². The fourth-order valence-corrected chi connectivity index (χ4v) is 4.37. The number of nitrogens with one attached hydrogen (secondary N) is 2. The minimum Gasteiger partial charge on any atom is -0.438 e. The highest BCUT2D eigenvalue weighted by Crippen LogP contribution is 2.33. The van der Waals surface area contributed by atoms with Gasteiger partial charge in [0.05, 0.1) is 13.2 Å². The molecule has 2 heterocycles. The normalized spacial score (nSPS) is 13.9. The predicted molar refractivity (Wildman–Crippen MR) is 145 cm³/mol. The van der Waals surface area contributed by atoms with E-state index in [2.05, 4.69) is 25.5 Å². The zero-order valence-corrected chi connectivity index (χ0v) is 20.9. The number of anilines is 3. The predicted octanol–water partition coefficient (Wildman–Crippen LogP) is 4.46. The third kappa shape index (κ3) is 6.26. The van der Waals surface area contributed by atoms with Crippen molar-refractivity contribution in [2.75, 3.05) is 50.4 Å². The molecule has 0 saturated carbocycles. The van der Waals surface area contributed by atoms with E-state index in [0.717, 1.165) is 43.6 Å². The number of hydrogen-bond acceptors (Lipinski definition) is 8. The van der Waals surface area contributed by atoms with Crippen LogP contribution in [-0.4, -0.2) is 60.2 Å². The fourth-order valence-electron chi connectivity index (χ4n) is 4.13. The Morgan fingerprint density at radius 3 is 2.73 bits per heavy atom. The standard InChI is InChI=1S/C27H27ClN6O3/c28-19-15-18(26(35)30-9-10-34-11-13-36-14-12-34)16-20(17-19)32-27-31-8-7-25(33-27)37-24-6-5-23(29)21-3-1-2-4-22(21)24/h1-8,15-17H,9-14,29H2,(H,30,35)(H,31,32,33). The summed E-state index contributed by atoms with van der Waals surface area (Å²) in [4.78, 5) is 23.7. The van der Waals surface area contributed by atoms with Crippen LogP contribution >= 0.6 is 11.6 Å². The molecule has 1 aliphatic rings. The van der Waals surface area contributed by atoms with Gasteiger partial charge in [-0.05, 0) is 30.3 Å². The van der Waals surface area contributed by atoms with Gasteiger partial charge in [0.1, 0.15) is 5.75 Å². The van der Waals surface area contributed by atoms with Crippen LogP contribution in [0, 0.1) is 0 Å². The minimum atomic E-state index is -0.202. The number of nitrogen functional groups attached to an aromatic ring is 1.